The molecular weight excluding hydrogens is 1040 g/mol. The molecule has 0 aromatic heterocycles. The van der Waals surface area contributed by atoms with Crippen molar-refractivity contribution in [3.8, 4) is 101 Å². The first-order valence-electron chi connectivity index (χ1n) is 24.1. The van der Waals surface area contributed by atoms with Gasteiger partial charge in [0.1, 0.15) is 11.5 Å². The molecule has 10 rings (SSSR count). The Bertz CT molecular complexity index is 2710. The van der Waals surface area contributed by atoms with Gasteiger partial charge in [0.2, 0.25) is 0 Å². The molecule has 0 amide bonds. The van der Waals surface area contributed by atoms with Gasteiger partial charge in [0.25, 0.3) is 0 Å². The number of phenolic OH excluding ortho intramolecular Hbond substituents is 2. The molecule has 0 spiro atoms. The normalized spacial score (nSPS) is 10.5. The van der Waals surface area contributed by atoms with E-state index in [1.807, 2.05) is 146 Å². The van der Waals surface area contributed by atoms with Crippen molar-refractivity contribution >= 4 is 7.92 Å². The molecule has 0 saturated carbocycles. The van der Waals surface area contributed by atoms with Gasteiger partial charge < -0.3 is 10.2 Å². The Kier molecular flexibility index (Phi) is 18.5. The van der Waals surface area contributed by atoms with Crippen LogP contribution in [0.3, 0.4) is 0 Å². The molecule has 2 N–H and O–H groups in total. The third-order valence-corrected chi connectivity index (χ3v) is 15.7. The molecule has 0 aliphatic heterocycles. The van der Waals surface area contributed by atoms with E-state index in [0.29, 0.717) is 11.5 Å². The van der Waals surface area contributed by atoms with Gasteiger partial charge in [-0.3, -0.25) is 0 Å². The molecule has 70 heavy (non-hydrogen) atoms. The maximum atomic E-state index is 11.8. The first-order chi connectivity index (χ1) is 34.0. The molecule has 4 heteroatoms. The van der Waals surface area contributed by atoms with Gasteiger partial charge in [-0.05, 0) is 108 Å². The van der Waals surface area contributed by atoms with E-state index in [2.05, 4.69) is 130 Å². The summed E-state index contributed by atoms with van der Waals surface area (Å²) in [5, 5.41) is 23.6. The largest absolute Gasteiger partial charge is 0.507 e. The number of benzene rings is 10. The van der Waals surface area contributed by atoms with E-state index in [4.69, 9.17) is 0 Å². The summed E-state index contributed by atoms with van der Waals surface area (Å²) in [4.78, 5) is 0. The number of rotatable bonds is 11. The number of phenols is 2. The Morgan fingerprint density at radius 3 is 0.557 bits per heavy atom. The van der Waals surface area contributed by atoms with Crippen LogP contribution in [0.25, 0.3) is 89.0 Å². The zero-order chi connectivity index (χ0) is 47.8. The maximum absolute atomic E-state index is 11.8. The average Bonchev–Trinajstić information content (AvgIpc) is 3.43. The Labute approximate surface area is 431 Å². The molecule has 0 unspecified atom stereocenters. The van der Waals surface area contributed by atoms with E-state index in [1.165, 1.54) is 18.5 Å². The van der Waals surface area contributed by atoms with Crippen molar-refractivity contribution in [3.05, 3.63) is 255 Å². The standard InChI is InChI=1S/2C30H22O.C6H15P.W/c2*31-30-28(24-17-9-3-10-18-24)26(22-13-5-1-6-14-22)21-27(23-15-7-2-8-16-23)29(30)25-19-11-4-12-20-25;1-4-7(5-2)6-3;/h2*1-21,31H;4-6H2,1-3H3;/p+1. The minimum atomic E-state index is 0. The van der Waals surface area contributed by atoms with Gasteiger partial charge in [-0.15, -0.1) is 0 Å². The van der Waals surface area contributed by atoms with Crippen LogP contribution in [0, 0.1) is 0 Å². The van der Waals surface area contributed by atoms with E-state index in [0.717, 1.165) is 89.0 Å². The van der Waals surface area contributed by atoms with Crippen molar-refractivity contribution in [3.63, 3.8) is 0 Å². The van der Waals surface area contributed by atoms with Crippen LogP contribution in [0.1, 0.15) is 20.8 Å². The molecule has 2 nitrogen and oxygen atoms in total. The Morgan fingerprint density at radius 1 is 0.257 bits per heavy atom. The van der Waals surface area contributed by atoms with Gasteiger partial charge in [-0.1, -0.05) is 243 Å². The quantitative estimate of drug-likeness (QED) is 0.127. The van der Waals surface area contributed by atoms with Crippen molar-refractivity contribution in [2.75, 3.05) is 18.5 Å². The molecule has 346 valence electrons. The predicted molar refractivity (Wildman–Crippen MR) is 300 cm³/mol. The summed E-state index contributed by atoms with van der Waals surface area (Å²) in [6, 6.07) is 86.1. The van der Waals surface area contributed by atoms with E-state index in [1.54, 1.807) is 0 Å². The van der Waals surface area contributed by atoms with Crippen LogP contribution < -0.4 is 0 Å². The summed E-state index contributed by atoms with van der Waals surface area (Å²) in [5.74, 6) is 0.607. The average molecular weight is 1100 g/mol. The van der Waals surface area contributed by atoms with Crippen LogP contribution in [0.2, 0.25) is 0 Å². The Hall–Kier alpha value is -7.08. The van der Waals surface area contributed by atoms with Gasteiger partial charge >= 0.3 is 0 Å². The van der Waals surface area contributed by atoms with E-state index in [9.17, 15) is 10.2 Å². The Balaban J connectivity index is 0.000000180. The summed E-state index contributed by atoms with van der Waals surface area (Å²) < 4.78 is 0. The SMILES string of the molecule is CC[PH+](CC)CC.Oc1c(-c2ccccc2)c(-c2ccccc2)cc(-c2ccccc2)c1-c1ccccc1.Oc1c(-c2ccccc2)c(-c2ccccc2)cc(-c2ccccc2)c1-c1ccccc1.[W]. The second-order valence-electron chi connectivity index (χ2n) is 16.9. The number of hydrogen-bond donors (Lipinski definition) is 2. The van der Waals surface area contributed by atoms with Crippen molar-refractivity contribution in [1.82, 2.24) is 0 Å². The predicted octanol–water partition coefficient (Wildman–Crippen LogP) is 18.4. The number of hydrogen-bond acceptors (Lipinski definition) is 2. The fourth-order valence-electron chi connectivity index (χ4n) is 9.06. The molecule has 0 heterocycles. The first kappa shape index (κ1) is 50.8. The molecule has 0 saturated heterocycles. The van der Waals surface area contributed by atoms with Crippen molar-refractivity contribution in [1.29, 1.82) is 0 Å². The fourth-order valence-corrected chi connectivity index (χ4v) is 10.6. The molecule has 0 bridgehead atoms. The summed E-state index contributed by atoms with van der Waals surface area (Å²) in [6.45, 7) is 6.92. The van der Waals surface area contributed by atoms with Crippen LogP contribution >= 0.6 is 7.92 Å². The zero-order valence-corrected chi connectivity index (χ0v) is 44.1. The minimum absolute atomic E-state index is 0. The monoisotopic (exact) mass is 1100 g/mol. The van der Waals surface area contributed by atoms with Crippen LogP contribution in [0.4, 0.5) is 0 Å². The third-order valence-electron chi connectivity index (χ3n) is 12.7. The summed E-state index contributed by atoms with van der Waals surface area (Å²) >= 11 is 0. The van der Waals surface area contributed by atoms with Crippen LogP contribution in [-0.2, 0) is 21.1 Å². The maximum Gasteiger partial charge on any atom is 0.132 e. The van der Waals surface area contributed by atoms with Gasteiger partial charge in [0.15, 0.2) is 0 Å². The fraction of sp³-hybridized carbons (Fsp3) is 0.0909. The molecule has 0 aliphatic rings. The van der Waals surface area contributed by atoms with Crippen molar-refractivity contribution in [2.45, 2.75) is 20.8 Å². The third kappa shape index (κ3) is 12.0. The Morgan fingerprint density at radius 2 is 0.414 bits per heavy atom. The second kappa shape index (κ2) is 25.5. The van der Waals surface area contributed by atoms with Gasteiger partial charge in [0, 0.05) is 43.3 Å². The molecule has 10 aromatic carbocycles. The molecule has 0 fully saturated rings. The van der Waals surface area contributed by atoms with E-state index in [-0.39, 0.29) is 29.0 Å². The van der Waals surface area contributed by atoms with E-state index >= 15 is 0 Å². The second-order valence-corrected chi connectivity index (χ2v) is 20.5. The molecule has 0 aliphatic carbocycles. The van der Waals surface area contributed by atoms with Crippen molar-refractivity contribution in [2.24, 2.45) is 0 Å². The summed E-state index contributed by atoms with van der Waals surface area (Å²) in [5.41, 5.74) is 15.8. The van der Waals surface area contributed by atoms with Crippen LogP contribution in [0.5, 0.6) is 11.5 Å². The van der Waals surface area contributed by atoms with Crippen molar-refractivity contribution < 1.29 is 31.3 Å². The van der Waals surface area contributed by atoms with Crippen LogP contribution in [-0.4, -0.2) is 28.7 Å². The van der Waals surface area contributed by atoms with Gasteiger partial charge in [0.05, 0.1) is 18.5 Å². The summed E-state index contributed by atoms with van der Waals surface area (Å²) in [7, 11) is 0.137. The molecular formula is C66H60O2PW+. The zero-order valence-electron chi connectivity index (χ0n) is 40.2. The molecule has 0 radical (unpaired) electrons. The summed E-state index contributed by atoms with van der Waals surface area (Å²) in [6.07, 6.45) is 4.37. The smallest absolute Gasteiger partial charge is 0.132 e. The number of aromatic hydroxyl groups is 2. The topological polar surface area (TPSA) is 40.5 Å². The molecule has 10 aromatic rings. The minimum Gasteiger partial charge on any atom is -0.507 e. The van der Waals surface area contributed by atoms with E-state index < -0.39 is 0 Å². The molecule has 0 atom stereocenters. The van der Waals surface area contributed by atoms with Gasteiger partial charge in [-0.25, -0.2) is 0 Å². The van der Waals surface area contributed by atoms with Crippen LogP contribution in [0.15, 0.2) is 255 Å². The first-order valence-corrected chi connectivity index (χ1v) is 26.2. The van der Waals surface area contributed by atoms with Gasteiger partial charge in [-0.2, -0.15) is 0 Å².